The third-order valence-electron chi connectivity index (χ3n) is 2.62. The van der Waals surface area contributed by atoms with Gasteiger partial charge in [-0.1, -0.05) is 46.5 Å². The molecule has 0 nitrogen and oxygen atoms in total. The van der Waals surface area contributed by atoms with Crippen molar-refractivity contribution in [2.45, 2.75) is 0 Å². The predicted molar refractivity (Wildman–Crippen MR) is 89.3 cm³/mol. The van der Waals surface area contributed by atoms with Crippen molar-refractivity contribution in [3.63, 3.8) is 0 Å². The molecule has 0 N–H and O–H groups in total. The Bertz CT molecular complexity index is 745. The van der Waals surface area contributed by atoms with Crippen molar-refractivity contribution in [1.82, 2.24) is 0 Å². The van der Waals surface area contributed by atoms with Gasteiger partial charge >= 0.3 is 0 Å². The highest BCUT2D eigenvalue weighted by molar-refractivity contribution is 6.67. The van der Waals surface area contributed by atoms with E-state index in [1.165, 1.54) is 10.4 Å². The second-order valence-electron chi connectivity index (χ2n) is 4.07. The predicted octanol–water partition coefficient (Wildman–Crippen LogP) is 1.31. The second-order valence-corrected chi connectivity index (χ2v) is 5.47. The summed E-state index contributed by atoms with van der Waals surface area (Å²) in [5.41, 5.74) is 1.86. The zero-order chi connectivity index (χ0) is 14.9. The lowest BCUT2D eigenvalue weighted by atomic mass is 10.2. The molecule has 0 aliphatic rings. The fraction of sp³-hybridized carbons (Fsp3) is 0. The molecule has 0 aliphatic heterocycles. The molecule has 0 aromatic heterocycles. The molecule has 0 fully saturated rings. The lowest BCUT2D eigenvalue weighted by molar-refractivity contribution is 1.67. The number of hydrogen-bond donors (Lipinski definition) is 0. The van der Waals surface area contributed by atoms with Crippen molar-refractivity contribution in [3.8, 4) is 48.4 Å². The van der Waals surface area contributed by atoms with Crippen LogP contribution in [0.2, 0.25) is 0 Å². The number of rotatable bonds is 2. The summed E-state index contributed by atoms with van der Waals surface area (Å²) in [4.78, 5) is 0. The lowest BCUT2D eigenvalue weighted by Crippen LogP contribution is -2.26. The van der Waals surface area contributed by atoms with E-state index in [-0.39, 0.29) is 0 Å². The van der Waals surface area contributed by atoms with Crippen LogP contribution in [0.1, 0.15) is 11.1 Å². The molecule has 0 aliphatic carbocycles. The molecule has 2 rings (SSSR count). The summed E-state index contributed by atoms with van der Waals surface area (Å²) in [6, 6.07) is 16.2. The zero-order valence-electron chi connectivity index (χ0n) is 11.3. The van der Waals surface area contributed by atoms with E-state index in [9.17, 15) is 0 Å². The van der Waals surface area contributed by atoms with E-state index in [2.05, 4.69) is 59.8 Å². The fourth-order valence-electron chi connectivity index (χ4n) is 1.66. The molecule has 2 aromatic rings. The molecular formula is C20H10Si. The second kappa shape index (κ2) is 7.48. The molecule has 0 saturated heterocycles. The van der Waals surface area contributed by atoms with Crippen LogP contribution in [0.4, 0.5) is 0 Å². The monoisotopic (exact) mass is 278 g/mol. The standard InChI is InChI=1S/C20H10Si/c1-3-5-7-17-9-13-19(14-10-17)21-20-15-11-18(12-16-20)8-6-4-2/h1-2,9-16H. The highest BCUT2D eigenvalue weighted by Crippen LogP contribution is 1.96. The Morgan fingerprint density at radius 1 is 0.619 bits per heavy atom. The molecule has 1 heteroatoms. The minimum absolute atomic E-state index is 0.597. The van der Waals surface area contributed by atoms with Gasteiger partial charge < -0.3 is 0 Å². The van der Waals surface area contributed by atoms with Gasteiger partial charge in [0.05, 0.1) is 0 Å². The van der Waals surface area contributed by atoms with Gasteiger partial charge in [-0.3, -0.25) is 0 Å². The van der Waals surface area contributed by atoms with Crippen LogP contribution in [0.15, 0.2) is 48.5 Å². The Labute approximate surface area is 128 Å². The summed E-state index contributed by atoms with van der Waals surface area (Å²) in [6.07, 6.45) is 10.2. The van der Waals surface area contributed by atoms with Crippen LogP contribution in [-0.4, -0.2) is 9.52 Å². The van der Waals surface area contributed by atoms with E-state index in [1.54, 1.807) is 0 Å². The number of benzene rings is 2. The summed E-state index contributed by atoms with van der Waals surface area (Å²) < 4.78 is 0. The van der Waals surface area contributed by atoms with Gasteiger partial charge in [0.1, 0.15) is 9.52 Å². The van der Waals surface area contributed by atoms with Crippen LogP contribution >= 0.6 is 0 Å². The summed E-state index contributed by atoms with van der Waals surface area (Å²) in [7, 11) is 0.597. The van der Waals surface area contributed by atoms with Crippen molar-refractivity contribution in [2.24, 2.45) is 0 Å². The van der Waals surface area contributed by atoms with Gasteiger partial charge in [-0.2, -0.15) is 0 Å². The van der Waals surface area contributed by atoms with E-state index in [0.29, 0.717) is 9.52 Å². The van der Waals surface area contributed by atoms with Gasteiger partial charge in [0.2, 0.25) is 0 Å². The summed E-state index contributed by atoms with van der Waals surface area (Å²) in [5.74, 6) is 15.6. The van der Waals surface area contributed by atoms with Crippen molar-refractivity contribution in [1.29, 1.82) is 0 Å². The van der Waals surface area contributed by atoms with Gasteiger partial charge in [-0.05, 0) is 47.9 Å². The van der Waals surface area contributed by atoms with Crippen LogP contribution in [0.5, 0.6) is 0 Å². The largest absolute Gasteiger partial charge is 0.121 e. The summed E-state index contributed by atoms with van der Waals surface area (Å²) in [6.45, 7) is 0. The van der Waals surface area contributed by atoms with Crippen LogP contribution in [0, 0.1) is 48.4 Å². The van der Waals surface area contributed by atoms with Gasteiger partial charge in [0, 0.05) is 11.1 Å². The molecule has 0 heterocycles. The van der Waals surface area contributed by atoms with Crippen molar-refractivity contribution < 1.29 is 0 Å². The Kier molecular flexibility index (Phi) is 5.09. The third kappa shape index (κ3) is 4.49. The molecule has 0 unspecified atom stereocenters. The average Bonchev–Trinajstić information content (AvgIpc) is 2.53. The Morgan fingerprint density at radius 3 is 1.33 bits per heavy atom. The van der Waals surface area contributed by atoms with Crippen molar-refractivity contribution >= 4 is 19.9 Å². The lowest BCUT2D eigenvalue weighted by Gasteiger charge is -2.01. The summed E-state index contributed by atoms with van der Waals surface area (Å²) in [5, 5.41) is 2.51. The summed E-state index contributed by atoms with van der Waals surface area (Å²) >= 11 is 0. The normalized spacial score (nSPS) is 8.29. The maximum absolute atomic E-state index is 5.11. The molecule has 0 bridgehead atoms. The zero-order valence-corrected chi connectivity index (χ0v) is 12.3. The topological polar surface area (TPSA) is 0 Å². The third-order valence-corrected chi connectivity index (χ3v) is 3.86. The molecule has 0 amide bonds. The van der Waals surface area contributed by atoms with Gasteiger partial charge in [-0.15, -0.1) is 12.8 Å². The molecule has 94 valence electrons. The Morgan fingerprint density at radius 2 is 1.00 bits per heavy atom. The SMILES string of the molecule is C#CC#Cc1ccc([Si]c2ccc(C#CC#C)cc2)cc1. The molecule has 2 radical (unpaired) electrons. The molecular weight excluding hydrogens is 268 g/mol. The van der Waals surface area contributed by atoms with Gasteiger partial charge in [-0.25, -0.2) is 0 Å². The van der Waals surface area contributed by atoms with Crippen molar-refractivity contribution in [2.75, 3.05) is 0 Å². The molecule has 0 atom stereocenters. The van der Waals surface area contributed by atoms with E-state index in [0.717, 1.165) is 11.1 Å². The smallest absolute Gasteiger partial charge is 0.106 e. The van der Waals surface area contributed by atoms with Crippen LogP contribution in [-0.2, 0) is 0 Å². The fourth-order valence-corrected chi connectivity index (χ4v) is 2.66. The maximum Gasteiger partial charge on any atom is 0.121 e. The Hall–Kier alpha value is -3.10. The van der Waals surface area contributed by atoms with E-state index >= 15 is 0 Å². The van der Waals surface area contributed by atoms with Gasteiger partial charge in [0.25, 0.3) is 0 Å². The minimum Gasteiger partial charge on any atom is -0.106 e. The maximum atomic E-state index is 5.11. The Balaban J connectivity index is 2.08. The number of terminal acetylenes is 2. The quantitative estimate of drug-likeness (QED) is 0.574. The molecule has 0 spiro atoms. The first-order chi connectivity index (χ1) is 10.3. The first-order valence-corrected chi connectivity index (χ1v) is 7.22. The average molecular weight is 278 g/mol. The van der Waals surface area contributed by atoms with Crippen LogP contribution in [0.25, 0.3) is 0 Å². The highest BCUT2D eigenvalue weighted by Gasteiger charge is 1.98. The van der Waals surface area contributed by atoms with Crippen molar-refractivity contribution in [3.05, 3.63) is 59.7 Å². The van der Waals surface area contributed by atoms with E-state index in [4.69, 9.17) is 12.8 Å². The van der Waals surface area contributed by atoms with Gasteiger partial charge in [0.15, 0.2) is 0 Å². The first-order valence-electron chi connectivity index (χ1n) is 6.22. The van der Waals surface area contributed by atoms with E-state index < -0.39 is 0 Å². The van der Waals surface area contributed by atoms with Crippen LogP contribution in [0.3, 0.4) is 0 Å². The highest BCUT2D eigenvalue weighted by atomic mass is 28.2. The molecule has 2 aromatic carbocycles. The molecule has 0 saturated carbocycles. The first kappa shape index (κ1) is 14.3. The minimum atomic E-state index is 0.597. The molecule has 21 heavy (non-hydrogen) atoms. The number of hydrogen-bond acceptors (Lipinski definition) is 0. The van der Waals surface area contributed by atoms with E-state index in [1.807, 2.05) is 24.3 Å². The van der Waals surface area contributed by atoms with Crippen LogP contribution < -0.4 is 10.4 Å².